The van der Waals surface area contributed by atoms with Crippen molar-refractivity contribution in [1.82, 2.24) is 0 Å². The minimum Gasteiger partial charge on any atom is -0.481 e. The molecule has 0 aromatic heterocycles. The summed E-state index contributed by atoms with van der Waals surface area (Å²) in [6, 6.07) is 0. The van der Waals surface area contributed by atoms with Crippen LogP contribution in [-0.4, -0.2) is 39.3 Å². The van der Waals surface area contributed by atoms with Crippen LogP contribution in [0.2, 0.25) is 0 Å². The van der Waals surface area contributed by atoms with Gasteiger partial charge in [0.15, 0.2) is 5.78 Å². The lowest BCUT2D eigenvalue weighted by Gasteiger charge is -2.11. The third-order valence-corrected chi connectivity index (χ3v) is 3.33. The molecule has 0 saturated heterocycles. The molecular formula is C22H30O5. The van der Waals surface area contributed by atoms with E-state index in [1.807, 2.05) is 19.1 Å². The lowest BCUT2D eigenvalue weighted by Crippen LogP contribution is -2.22. The Morgan fingerprint density at radius 1 is 0.889 bits per heavy atom. The van der Waals surface area contributed by atoms with Crippen LogP contribution in [0.1, 0.15) is 39.0 Å². The molecule has 0 heterocycles. The fourth-order valence-electron chi connectivity index (χ4n) is 1.86. The van der Waals surface area contributed by atoms with Crippen LogP contribution in [0.15, 0.2) is 72.9 Å². The van der Waals surface area contributed by atoms with E-state index < -0.39 is 18.2 Å². The Morgan fingerprint density at radius 2 is 1.56 bits per heavy atom. The third-order valence-electron chi connectivity index (χ3n) is 3.33. The Hall–Kier alpha value is -2.50. The number of aliphatic hydroxyl groups is 2. The second-order valence-corrected chi connectivity index (χ2v) is 5.76. The lowest BCUT2D eigenvalue weighted by atomic mass is 10.1. The molecule has 27 heavy (non-hydrogen) atoms. The van der Waals surface area contributed by atoms with Crippen molar-refractivity contribution in [2.24, 2.45) is 0 Å². The molecule has 0 rings (SSSR count). The number of aliphatic carboxylic acids is 1. The normalized spacial score (nSPS) is 15.2. The maximum Gasteiger partial charge on any atom is 0.303 e. The Bertz CT molecular complexity index is 594. The molecule has 0 aromatic rings. The summed E-state index contributed by atoms with van der Waals surface area (Å²) in [6.45, 7) is 2.00. The smallest absolute Gasteiger partial charge is 0.303 e. The largest absolute Gasteiger partial charge is 0.481 e. The van der Waals surface area contributed by atoms with Crippen LogP contribution in [0.4, 0.5) is 0 Å². The molecule has 0 radical (unpaired) electrons. The summed E-state index contributed by atoms with van der Waals surface area (Å²) in [5.41, 5.74) is 0. The molecule has 0 aliphatic heterocycles. The fraction of sp³-hybridized carbons (Fsp3) is 0.364. The number of allylic oxidation sites excluding steroid dienone is 10. The number of carbonyl (C=O) groups excluding carboxylic acids is 1. The van der Waals surface area contributed by atoms with Gasteiger partial charge in [-0.15, -0.1) is 0 Å². The molecule has 5 nitrogen and oxygen atoms in total. The minimum absolute atomic E-state index is 0.0654. The van der Waals surface area contributed by atoms with Crippen molar-refractivity contribution in [3.05, 3.63) is 72.9 Å². The molecule has 0 fully saturated rings. The molecule has 2 atom stereocenters. The van der Waals surface area contributed by atoms with Gasteiger partial charge in [0.2, 0.25) is 0 Å². The van der Waals surface area contributed by atoms with Crippen molar-refractivity contribution in [2.75, 3.05) is 0 Å². The summed E-state index contributed by atoms with van der Waals surface area (Å²) in [4.78, 5) is 21.9. The summed E-state index contributed by atoms with van der Waals surface area (Å²) in [7, 11) is 0. The number of carboxylic acid groups (broad SMARTS) is 1. The van der Waals surface area contributed by atoms with Gasteiger partial charge in [-0.3, -0.25) is 9.59 Å². The molecule has 0 aliphatic carbocycles. The van der Waals surface area contributed by atoms with Gasteiger partial charge < -0.3 is 15.3 Å². The first-order valence-electron chi connectivity index (χ1n) is 9.06. The molecule has 0 bridgehead atoms. The highest BCUT2D eigenvalue weighted by Crippen LogP contribution is 2.02. The van der Waals surface area contributed by atoms with Gasteiger partial charge in [0.25, 0.3) is 0 Å². The van der Waals surface area contributed by atoms with E-state index in [-0.39, 0.29) is 18.6 Å². The van der Waals surface area contributed by atoms with E-state index in [1.54, 1.807) is 48.6 Å². The predicted molar refractivity (Wildman–Crippen MR) is 108 cm³/mol. The standard InChI is InChI=1S/C22H30O5/c1-2-3-9-16-20(24)21(25)17-12-7-5-4-6-10-14-19(23)15-11-8-13-18-22(26)27/h3-12,14,17,20-21,24-25H,2,13,15-16,18H2,1H3,(H,26,27). The van der Waals surface area contributed by atoms with Crippen LogP contribution >= 0.6 is 0 Å². The Labute approximate surface area is 161 Å². The highest BCUT2D eigenvalue weighted by atomic mass is 16.4. The van der Waals surface area contributed by atoms with Gasteiger partial charge in [0, 0.05) is 12.8 Å². The Morgan fingerprint density at radius 3 is 2.22 bits per heavy atom. The van der Waals surface area contributed by atoms with E-state index in [1.165, 1.54) is 12.2 Å². The topological polar surface area (TPSA) is 94.8 Å². The van der Waals surface area contributed by atoms with Crippen LogP contribution in [0, 0.1) is 0 Å². The SMILES string of the molecule is CCC=CCC(O)C(O)C=CC=CC=CC=CC(=O)CC=CCCC(=O)O. The van der Waals surface area contributed by atoms with Gasteiger partial charge in [-0.2, -0.15) is 0 Å². The second kappa shape index (κ2) is 16.9. The third kappa shape index (κ3) is 16.7. The maximum atomic E-state index is 11.5. The molecule has 3 N–H and O–H groups in total. The monoisotopic (exact) mass is 374 g/mol. The van der Waals surface area contributed by atoms with Crippen molar-refractivity contribution in [1.29, 1.82) is 0 Å². The number of aliphatic hydroxyl groups excluding tert-OH is 2. The van der Waals surface area contributed by atoms with Gasteiger partial charge in [-0.05, 0) is 25.3 Å². The summed E-state index contributed by atoms with van der Waals surface area (Å²) in [5.74, 6) is -0.918. The summed E-state index contributed by atoms with van der Waals surface area (Å²) in [6.07, 6.45) is 20.6. The van der Waals surface area contributed by atoms with Crippen LogP contribution in [0.3, 0.4) is 0 Å². The zero-order valence-electron chi connectivity index (χ0n) is 15.8. The van der Waals surface area contributed by atoms with Crippen molar-refractivity contribution >= 4 is 11.8 Å². The van der Waals surface area contributed by atoms with E-state index in [2.05, 4.69) is 0 Å². The second-order valence-electron chi connectivity index (χ2n) is 5.76. The fourth-order valence-corrected chi connectivity index (χ4v) is 1.86. The highest BCUT2D eigenvalue weighted by molar-refractivity contribution is 5.90. The van der Waals surface area contributed by atoms with Gasteiger partial charge in [-0.25, -0.2) is 0 Å². The number of hydrogen-bond acceptors (Lipinski definition) is 4. The Kier molecular flexibility index (Phi) is 15.4. The van der Waals surface area contributed by atoms with Crippen molar-refractivity contribution in [3.63, 3.8) is 0 Å². The van der Waals surface area contributed by atoms with Crippen LogP contribution in [-0.2, 0) is 9.59 Å². The molecule has 148 valence electrons. The van der Waals surface area contributed by atoms with E-state index in [9.17, 15) is 19.8 Å². The predicted octanol–water partition coefficient (Wildman–Crippen LogP) is 3.67. The molecule has 0 aliphatic rings. The molecule has 0 aromatic carbocycles. The molecule has 0 saturated carbocycles. The summed E-state index contributed by atoms with van der Waals surface area (Å²) >= 11 is 0. The summed E-state index contributed by atoms with van der Waals surface area (Å²) < 4.78 is 0. The first kappa shape index (κ1) is 24.5. The van der Waals surface area contributed by atoms with Gasteiger partial charge >= 0.3 is 5.97 Å². The van der Waals surface area contributed by atoms with Gasteiger partial charge in [-0.1, -0.05) is 73.8 Å². The average molecular weight is 374 g/mol. The molecular weight excluding hydrogens is 344 g/mol. The number of ketones is 1. The zero-order valence-corrected chi connectivity index (χ0v) is 15.8. The molecule has 0 amide bonds. The van der Waals surface area contributed by atoms with Crippen molar-refractivity contribution in [3.8, 4) is 0 Å². The van der Waals surface area contributed by atoms with Crippen LogP contribution in [0.5, 0.6) is 0 Å². The lowest BCUT2D eigenvalue weighted by molar-refractivity contribution is -0.136. The number of carbonyl (C=O) groups is 2. The van der Waals surface area contributed by atoms with E-state index in [0.717, 1.165) is 6.42 Å². The number of carboxylic acids is 1. The van der Waals surface area contributed by atoms with Crippen LogP contribution < -0.4 is 0 Å². The van der Waals surface area contributed by atoms with Crippen molar-refractivity contribution in [2.45, 2.75) is 51.2 Å². The van der Waals surface area contributed by atoms with E-state index >= 15 is 0 Å². The first-order chi connectivity index (χ1) is 13.0. The van der Waals surface area contributed by atoms with Gasteiger partial charge in [0.1, 0.15) is 0 Å². The highest BCUT2D eigenvalue weighted by Gasteiger charge is 2.10. The quantitative estimate of drug-likeness (QED) is 0.245. The zero-order chi connectivity index (χ0) is 20.3. The molecule has 5 heteroatoms. The Balaban J connectivity index is 4.05. The molecule has 0 spiro atoms. The van der Waals surface area contributed by atoms with Crippen molar-refractivity contribution < 1.29 is 24.9 Å². The van der Waals surface area contributed by atoms with E-state index in [0.29, 0.717) is 12.8 Å². The molecule has 2 unspecified atom stereocenters. The number of hydrogen-bond donors (Lipinski definition) is 3. The van der Waals surface area contributed by atoms with Gasteiger partial charge in [0.05, 0.1) is 12.2 Å². The van der Waals surface area contributed by atoms with Crippen LogP contribution in [0.25, 0.3) is 0 Å². The number of rotatable bonds is 14. The minimum atomic E-state index is -0.916. The first-order valence-corrected chi connectivity index (χ1v) is 9.06. The van der Waals surface area contributed by atoms with E-state index in [4.69, 9.17) is 5.11 Å². The average Bonchev–Trinajstić information content (AvgIpc) is 2.63. The maximum absolute atomic E-state index is 11.5. The summed E-state index contributed by atoms with van der Waals surface area (Å²) in [5, 5.41) is 27.9.